The molecule has 0 saturated heterocycles. The summed E-state index contributed by atoms with van der Waals surface area (Å²) in [5, 5.41) is 8.72. The van der Waals surface area contributed by atoms with Crippen molar-refractivity contribution >= 4 is 11.5 Å². The zero-order chi connectivity index (χ0) is 8.97. The Morgan fingerprint density at radius 2 is 2.33 bits per heavy atom. The lowest BCUT2D eigenvalue weighted by atomic mass is 10.1. The molecule has 0 unspecified atom stereocenters. The van der Waals surface area contributed by atoms with Crippen molar-refractivity contribution < 1.29 is 9.90 Å². The van der Waals surface area contributed by atoms with Crippen molar-refractivity contribution in [3.05, 3.63) is 36.2 Å². The van der Waals surface area contributed by atoms with Crippen molar-refractivity contribution in [3.63, 3.8) is 0 Å². The molecule has 0 aliphatic rings. The van der Waals surface area contributed by atoms with Gasteiger partial charge in [0, 0.05) is 6.20 Å². The van der Waals surface area contributed by atoms with Crippen LogP contribution in [0.2, 0.25) is 0 Å². The maximum atomic E-state index is 10.6. The second-order valence-electron chi connectivity index (χ2n) is 2.22. The number of nitrogens with zero attached hydrogens (tertiary/aromatic N) is 1. The number of carbonyl (C=O) groups is 1. The molecule has 1 aromatic heterocycles. The van der Waals surface area contributed by atoms with Gasteiger partial charge in [-0.1, -0.05) is 12.1 Å². The molecule has 1 N–H and O–H groups in total. The van der Waals surface area contributed by atoms with Gasteiger partial charge in [0.15, 0.2) is 0 Å². The van der Waals surface area contributed by atoms with E-state index in [1.54, 1.807) is 31.3 Å². The lowest BCUT2D eigenvalue weighted by molar-refractivity contribution is -0.130. The standard InChI is InChI=1S/C9H9NO2/c1-2-7(9(11)12)8-5-3-4-6-10-8/h2-6H,1H3,(H,11,12)/b7-2+. The number of carboxylic acid groups (broad SMARTS) is 1. The average Bonchev–Trinajstić information content (AvgIpc) is 2.07. The van der Waals surface area contributed by atoms with Crippen LogP contribution >= 0.6 is 0 Å². The topological polar surface area (TPSA) is 50.2 Å². The van der Waals surface area contributed by atoms with Crippen LogP contribution in [-0.2, 0) is 4.79 Å². The summed E-state index contributed by atoms with van der Waals surface area (Å²) in [6.07, 6.45) is 3.10. The number of aromatic nitrogens is 1. The van der Waals surface area contributed by atoms with E-state index in [0.29, 0.717) is 5.69 Å². The van der Waals surface area contributed by atoms with E-state index in [1.807, 2.05) is 0 Å². The van der Waals surface area contributed by atoms with E-state index in [0.717, 1.165) is 0 Å². The SMILES string of the molecule is C/C=C(/C(=O)O)c1ccccn1. The molecular formula is C9H9NO2. The number of hydrogen-bond donors (Lipinski definition) is 1. The fraction of sp³-hybridized carbons (Fsp3) is 0.111. The fourth-order valence-electron chi connectivity index (χ4n) is 0.903. The first-order valence-electron chi connectivity index (χ1n) is 3.56. The van der Waals surface area contributed by atoms with Crippen LogP contribution in [0.5, 0.6) is 0 Å². The normalized spacial score (nSPS) is 11.2. The second-order valence-corrected chi connectivity index (χ2v) is 2.22. The Bertz CT molecular complexity index is 304. The summed E-state index contributed by atoms with van der Waals surface area (Å²) < 4.78 is 0. The molecule has 0 radical (unpaired) electrons. The van der Waals surface area contributed by atoms with Gasteiger partial charge in [-0.05, 0) is 19.1 Å². The third kappa shape index (κ3) is 1.69. The zero-order valence-electron chi connectivity index (χ0n) is 6.69. The highest BCUT2D eigenvalue weighted by molar-refractivity contribution is 6.14. The minimum atomic E-state index is -0.948. The molecule has 0 aromatic carbocycles. The molecule has 0 amide bonds. The lowest BCUT2D eigenvalue weighted by Gasteiger charge is -1.98. The molecule has 62 valence electrons. The third-order valence-electron chi connectivity index (χ3n) is 1.46. The minimum Gasteiger partial charge on any atom is -0.478 e. The Labute approximate surface area is 70.4 Å². The number of aliphatic carboxylic acids is 1. The molecule has 0 saturated carbocycles. The van der Waals surface area contributed by atoms with Crippen LogP contribution in [0, 0.1) is 0 Å². The maximum absolute atomic E-state index is 10.6. The number of hydrogen-bond acceptors (Lipinski definition) is 2. The summed E-state index contributed by atoms with van der Waals surface area (Å²) in [7, 11) is 0. The van der Waals surface area contributed by atoms with Crippen molar-refractivity contribution in [1.82, 2.24) is 4.98 Å². The van der Waals surface area contributed by atoms with Crippen molar-refractivity contribution in [1.29, 1.82) is 0 Å². The smallest absolute Gasteiger partial charge is 0.337 e. The average molecular weight is 163 g/mol. The van der Waals surface area contributed by atoms with E-state index in [2.05, 4.69) is 4.98 Å². The predicted molar refractivity (Wildman–Crippen MR) is 45.5 cm³/mol. The lowest BCUT2D eigenvalue weighted by Crippen LogP contribution is -2.00. The summed E-state index contributed by atoms with van der Waals surface area (Å²) in [6.45, 7) is 1.68. The predicted octanol–water partition coefficient (Wildman–Crippen LogP) is 1.57. The summed E-state index contributed by atoms with van der Waals surface area (Å²) in [5.74, 6) is -0.948. The van der Waals surface area contributed by atoms with Crippen LogP contribution < -0.4 is 0 Å². The van der Waals surface area contributed by atoms with Crippen molar-refractivity contribution in [2.45, 2.75) is 6.92 Å². The van der Waals surface area contributed by atoms with Gasteiger partial charge in [0.05, 0.1) is 11.3 Å². The molecule has 3 nitrogen and oxygen atoms in total. The zero-order valence-corrected chi connectivity index (χ0v) is 6.69. The molecule has 0 aliphatic carbocycles. The van der Waals surface area contributed by atoms with Crippen molar-refractivity contribution in [2.24, 2.45) is 0 Å². The molecular weight excluding hydrogens is 154 g/mol. The Morgan fingerprint density at radius 3 is 2.75 bits per heavy atom. The Morgan fingerprint density at radius 1 is 1.58 bits per heavy atom. The second kappa shape index (κ2) is 3.67. The van der Waals surface area contributed by atoms with Crippen molar-refractivity contribution in [3.8, 4) is 0 Å². The van der Waals surface area contributed by atoms with Crippen LogP contribution in [0.4, 0.5) is 0 Å². The van der Waals surface area contributed by atoms with Gasteiger partial charge in [0.1, 0.15) is 0 Å². The van der Waals surface area contributed by atoms with Crippen LogP contribution in [0.3, 0.4) is 0 Å². The first-order valence-corrected chi connectivity index (χ1v) is 3.56. The molecule has 1 rings (SSSR count). The van der Waals surface area contributed by atoms with E-state index in [-0.39, 0.29) is 5.57 Å². The molecule has 12 heavy (non-hydrogen) atoms. The molecule has 0 atom stereocenters. The van der Waals surface area contributed by atoms with E-state index in [9.17, 15) is 4.79 Å². The summed E-state index contributed by atoms with van der Waals surface area (Å²) in [6, 6.07) is 5.18. The quantitative estimate of drug-likeness (QED) is 0.673. The van der Waals surface area contributed by atoms with Crippen LogP contribution in [-0.4, -0.2) is 16.1 Å². The number of pyridine rings is 1. The van der Waals surface area contributed by atoms with Crippen molar-refractivity contribution in [2.75, 3.05) is 0 Å². The van der Waals surface area contributed by atoms with E-state index >= 15 is 0 Å². The molecule has 0 spiro atoms. The number of rotatable bonds is 2. The van der Waals surface area contributed by atoms with Gasteiger partial charge >= 0.3 is 5.97 Å². The van der Waals surface area contributed by atoms with E-state index in [4.69, 9.17) is 5.11 Å². The van der Waals surface area contributed by atoms with E-state index < -0.39 is 5.97 Å². The van der Waals surface area contributed by atoms with Crippen LogP contribution in [0.25, 0.3) is 5.57 Å². The van der Waals surface area contributed by atoms with Gasteiger partial charge in [-0.15, -0.1) is 0 Å². The van der Waals surface area contributed by atoms with Gasteiger partial charge in [-0.25, -0.2) is 4.79 Å². The molecule has 1 aromatic rings. The highest BCUT2D eigenvalue weighted by Crippen LogP contribution is 2.09. The third-order valence-corrected chi connectivity index (χ3v) is 1.46. The largest absolute Gasteiger partial charge is 0.478 e. The fourth-order valence-corrected chi connectivity index (χ4v) is 0.903. The summed E-state index contributed by atoms with van der Waals surface area (Å²) in [4.78, 5) is 14.5. The van der Waals surface area contributed by atoms with Crippen LogP contribution in [0.1, 0.15) is 12.6 Å². The summed E-state index contributed by atoms with van der Waals surface area (Å²) >= 11 is 0. The first-order chi connectivity index (χ1) is 5.75. The highest BCUT2D eigenvalue weighted by atomic mass is 16.4. The Kier molecular flexibility index (Phi) is 2.58. The van der Waals surface area contributed by atoms with Gasteiger partial charge in [-0.2, -0.15) is 0 Å². The number of carboxylic acids is 1. The summed E-state index contributed by atoms with van der Waals surface area (Å²) in [5.41, 5.74) is 0.725. The Balaban J connectivity index is 3.05. The van der Waals surface area contributed by atoms with Gasteiger partial charge < -0.3 is 5.11 Å². The molecule has 3 heteroatoms. The Hall–Kier alpha value is -1.64. The van der Waals surface area contributed by atoms with Gasteiger partial charge in [0.2, 0.25) is 0 Å². The van der Waals surface area contributed by atoms with E-state index in [1.165, 1.54) is 6.08 Å². The first kappa shape index (κ1) is 8.46. The molecule has 0 fully saturated rings. The minimum absolute atomic E-state index is 0.232. The maximum Gasteiger partial charge on any atom is 0.337 e. The number of allylic oxidation sites excluding steroid dienone is 1. The molecule has 0 aliphatic heterocycles. The highest BCUT2D eigenvalue weighted by Gasteiger charge is 2.08. The van der Waals surface area contributed by atoms with Gasteiger partial charge in [-0.3, -0.25) is 4.98 Å². The van der Waals surface area contributed by atoms with Gasteiger partial charge in [0.25, 0.3) is 0 Å². The molecule has 0 bridgehead atoms. The monoisotopic (exact) mass is 163 g/mol. The van der Waals surface area contributed by atoms with Crippen LogP contribution in [0.15, 0.2) is 30.5 Å². The molecule has 1 heterocycles.